The summed E-state index contributed by atoms with van der Waals surface area (Å²) >= 11 is 0. The van der Waals surface area contributed by atoms with Gasteiger partial charge in [-0.15, -0.1) is 0 Å². The third kappa shape index (κ3) is 4.12. The van der Waals surface area contributed by atoms with Crippen LogP contribution < -0.4 is 5.32 Å². The standard InChI is InChI=1S/C20H19N7O3S/c1-4-16(28)24-15-9-11-27-18(14-8-10-21-20(23-14)31(3,29)30)17(26-19(27)25-15)13-7-5-6-12(2)22-13/h5-11H,4H2,1-3H3,(H,24,25,26,28). The quantitative estimate of drug-likeness (QED) is 0.470. The summed E-state index contributed by atoms with van der Waals surface area (Å²) in [5, 5.41) is 2.42. The van der Waals surface area contributed by atoms with Crippen molar-refractivity contribution in [2.24, 2.45) is 0 Å². The van der Waals surface area contributed by atoms with Gasteiger partial charge in [0, 0.05) is 30.8 Å². The van der Waals surface area contributed by atoms with Crippen molar-refractivity contribution in [3.05, 3.63) is 48.4 Å². The molecule has 4 aromatic heterocycles. The third-order valence-electron chi connectivity index (χ3n) is 4.42. The number of nitrogens with zero attached hydrogens (tertiary/aromatic N) is 6. The molecule has 0 fully saturated rings. The maximum Gasteiger partial charge on any atom is 0.247 e. The average molecular weight is 437 g/mol. The van der Waals surface area contributed by atoms with Gasteiger partial charge in [0.1, 0.15) is 17.2 Å². The van der Waals surface area contributed by atoms with Crippen molar-refractivity contribution in [2.75, 3.05) is 11.6 Å². The molecular formula is C20H19N7O3S. The van der Waals surface area contributed by atoms with Crippen LogP contribution in [0, 0.1) is 6.92 Å². The molecule has 0 spiro atoms. The maximum atomic E-state index is 12.0. The number of hydrogen-bond donors (Lipinski definition) is 1. The second kappa shape index (κ2) is 7.84. The Balaban J connectivity index is 1.97. The Hall–Kier alpha value is -3.73. The fraction of sp³-hybridized carbons (Fsp3) is 0.200. The van der Waals surface area contributed by atoms with E-state index in [9.17, 15) is 13.2 Å². The summed E-state index contributed by atoms with van der Waals surface area (Å²) in [6.07, 6.45) is 4.44. The summed E-state index contributed by atoms with van der Waals surface area (Å²) in [4.78, 5) is 33.4. The molecule has 158 valence electrons. The van der Waals surface area contributed by atoms with E-state index in [4.69, 9.17) is 0 Å². The van der Waals surface area contributed by atoms with E-state index >= 15 is 0 Å². The summed E-state index contributed by atoms with van der Waals surface area (Å²) in [5.74, 6) is 0.499. The maximum absolute atomic E-state index is 12.0. The van der Waals surface area contributed by atoms with Gasteiger partial charge in [0.2, 0.25) is 26.7 Å². The zero-order valence-electron chi connectivity index (χ0n) is 17.1. The number of aromatic nitrogens is 6. The highest BCUT2D eigenvalue weighted by Gasteiger charge is 2.21. The number of carbonyl (C=O) groups excluding carboxylic acids is 1. The molecule has 0 aromatic carbocycles. The highest BCUT2D eigenvalue weighted by molar-refractivity contribution is 7.90. The van der Waals surface area contributed by atoms with E-state index in [-0.39, 0.29) is 11.1 Å². The molecule has 4 rings (SSSR count). The predicted octanol–water partition coefficient (Wildman–Crippen LogP) is 2.31. The molecule has 0 atom stereocenters. The molecule has 0 radical (unpaired) electrons. The second-order valence-electron chi connectivity index (χ2n) is 6.85. The van der Waals surface area contributed by atoms with E-state index in [1.807, 2.05) is 19.1 Å². The van der Waals surface area contributed by atoms with E-state index in [1.54, 1.807) is 35.7 Å². The molecule has 0 bridgehead atoms. The van der Waals surface area contributed by atoms with Crippen molar-refractivity contribution in [3.8, 4) is 22.8 Å². The van der Waals surface area contributed by atoms with Crippen LogP contribution in [0.5, 0.6) is 0 Å². The topological polar surface area (TPSA) is 132 Å². The van der Waals surface area contributed by atoms with Gasteiger partial charge in [-0.3, -0.25) is 14.2 Å². The number of anilines is 1. The Bertz CT molecular complexity index is 1410. The molecule has 11 heteroatoms. The summed E-state index contributed by atoms with van der Waals surface area (Å²) in [7, 11) is -3.61. The van der Waals surface area contributed by atoms with Gasteiger partial charge in [-0.1, -0.05) is 13.0 Å². The van der Waals surface area contributed by atoms with Crippen LogP contribution in [-0.4, -0.2) is 49.9 Å². The first-order valence-electron chi connectivity index (χ1n) is 9.42. The molecule has 1 amide bonds. The second-order valence-corrected chi connectivity index (χ2v) is 8.76. The van der Waals surface area contributed by atoms with Crippen LogP contribution in [0.25, 0.3) is 28.6 Å². The Morgan fingerprint density at radius 1 is 1.06 bits per heavy atom. The van der Waals surface area contributed by atoms with Crippen molar-refractivity contribution >= 4 is 27.3 Å². The first kappa shape index (κ1) is 20.5. The Morgan fingerprint density at radius 2 is 1.87 bits per heavy atom. The first-order chi connectivity index (χ1) is 14.8. The zero-order valence-corrected chi connectivity index (χ0v) is 17.9. The van der Waals surface area contributed by atoms with Crippen LogP contribution in [0.1, 0.15) is 19.0 Å². The summed E-state index contributed by atoms with van der Waals surface area (Å²) in [6, 6.07) is 8.76. The summed E-state index contributed by atoms with van der Waals surface area (Å²) in [5.41, 5.74) is 2.73. The highest BCUT2D eigenvalue weighted by Crippen LogP contribution is 2.31. The molecule has 4 heterocycles. The molecule has 0 saturated heterocycles. The van der Waals surface area contributed by atoms with Crippen molar-refractivity contribution < 1.29 is 13.2 Å². The lowest BCUT2D eigenvalue weighted by atomic mass is 10.1. The van der Waals surface area contributed by atoms with Gasteiger partial charge in [0.25, 0.3) is 0 Å². The van der Waals surface area contributed by atoms with Crippen molar-refractivity contribution in [3.63, 3.8) is 0 Å². The molecule has 0 aliphatic heterocycles. The molecule has 1 N–H and O–H groups in total. The number of sulfone groups is 1. The fourth-order valence-electron chi connectivity index (χ4n) is 2.98. The molecule has 0 unspecified atom stereocenters. The Morgan fingerprint density at radius 3 is 2.58 bits per heavy atom. The van der Waals surface area contributed by atoms with E-state index in [1.165, 1.54) is 6.20 Å². The van der Waals surface area contributed by atoms with E-state index in [0.717, 1.165) is 11.9 Å². The van der Waals surface area contributed by atoms with Crippen LogP contribution in [0.3, 0.4) is 0 Å². The van der Waals surface area contributed by atoms with Crippen LogP contribution in [-0.2, 0) is 14.6 Å². The highest BCUT2D eigenvalue weighted by atomic mass is 32.2. The lowest BCUT2D eigenvalue weighted by Gasteiger charge is -2.07. The number of nitrogens with one attached hydrogen (secondary N) is 1. The minimum Gasteiger partial charge on any atom is -0.311 e. The van der Waals surface area contributed by atoms with Gasteiger partial charge in [-0.2, -0.15) is 4.98 Å². The van der Waals surface area contributed by atoms with Crippen molar-refractivity contribution in [1.29, 1.82) is 0 Å². The number of hydrogen-bond acceptors (Lipinski definition) is 8. The lowest BCUT2D eigenvalue weighted by Crippen LogP contribution is -2.11. The van der Waals surface area contributed by atoms with Gasteiger partial charge in [0.15, 0.2) is 0 Å². The van der Waals surface area contributed by atoms with Gasteiger partial charge >= 0.3 is 0 Å². The lowest BCUT2D eigenvalue weighted by molar-refractivity contribution is -0.115. The van der Waals surface area contributed by atoms with E-state index in [0.29, 0.717) is 40.8 Å². The normalized spacial score (nSPS) is 11.6. The molecule has 31 heavy (non-hydrogen) atoms. The molecule has 0 aliphatic rings. The number of imidazole rings is 1. The summed E-state index contributed by atoms with van der Waals surface area (Å²) < 4.78 is 25.6. The van der Waals surface area contributed by atoms with Crippen LogP contribution in [0.2, 0.25) is 0 Å². The molecule has 0 aliphatic carbocycles. The molecule has 0 saturated carbocycles. The number of pyridine rings is 1. The summed E-state index contributed by atoms with van der Waals surface area (Å²) in [6.45, 7) is 3.61. The minimum atomic E-state index is -3.61. The van der Waals surface area contributed by atoms with Crippen LogP contribution in [0.4, 0.5) is 5.82 Å². The van der Waals surface area contributed by atoms with Gasteiger partial charge in [-0.25, -0.2) is 23.4 Å². The Labute approximate surface area is 178 Å². The number of aryl methyl sites for hydroxylation is 1. The molecule has 4 aromatic rings. The zero-order chi connectivity index (χ0) is 22.2. The number of amides is 1. The molecular weight excluding hydrogens is 418 g/mol. The average Bonchev–Trinajstić information content (AvgIpc) is 3.12. The van der Waals surface area contributed by atoms with E-state index in [2.05, 4.69) is 30.2 Å². The van der Waals surface area contributed by atoms with Crippen LogP contribution in [0.15, 0.2) is 47.9 Å². The SMILES string of the molecule is CCC(=O)Nc1ccn2c(-c3ccnc(S(C)(=O)=O)n3)c(-c3cccc(C)n3)nc2n1. The monoisotopic (exact) mass is 437 g/mol. The van der Waals surface area contributed by atoms with Gasteiger partial charge in [-0.05, 0) is 31.2 Å². The number of carbonyl (C=O) groups is 1. The largest absolute Gasteiger partial charge is 0.311 e. The Kier molecular flexibility index (Phi) is 5.19. The minimum absolute atomic E-state index is 0.169. The van der Waals surface area contributed by atoms with Gasteiger partial charge < -0.3 is 5.32 Å². The smallest absolute Gasteiger partial charge is 0.247 e. The molecule has 10 nitrogen and oxygen atoms in total. The van der Waals surface area contributed by atoms with Crippen molar-refractivity contribution in [2.45, 2.75) is 25.4 Å². The van der Waals surface area contributed by atoms with Crippen LogP contribution >= 0.6 is 0 Å². The first-order valence-corrected chi connectivity index (χ1v) is 11.3. The number of rotatable bonds is 5. The van der Waals surface area contributed by atoms with Gasteiger partial charge in [0.05, 0.1) is 11.4 Å². The number of fused-ring (bicyclic) bond motifs is 1. The van der Waals surface area contributed by atoms with E-state index < -0.39 is 9.84 Å². The fourth-order valence-corrected chi connectivity index (χ4v) is 3.50. The predicted molar refractivity (Wildman–Crippen MR) is 114 cm³/mol. The van der Waals surface area contributed by atoms with Crippen molar-refractivity contribution in [1.82, 2.24) is 29.3 Å². The third-order valence-corrected chi connectivity index (χ3v) is 5.28.